The van der Waals surface area contributed by atoms with Crippen LogP contribution in [0.25, 0.3) is 11.0 Å². The van der Waals surface area contributed by atoms with Gasteiger partial charge < -0.3 is 15.2 Å². The van der Waals surface area contributed by atoms with Crippen molar-refractivity contribution in [3.63, 3.8) is 0 Å². The minimum Gasteiger partial charge on any atom is -0.369 e. The van der Waals surface area contributed by atoms with Crippen molar-refractivity contribution in [2.24, 2.45) is 0 Å². The number of unbranched alkanes of at least 4 members (excludes halogenated alkanes) is 1. The van der Waals surface area contributed by atoms with Crippen LogP contribution in [0.3, 0.4) is 0 Å². The second-order valence-electron chi connectivity index (χ2n) is 7.34. The third-order valence-electron chi connectivity index (χ3n) is 5.08. The fourth-order valence-electron chi connectivity index (χ4n) is 3.36. The minimum absolute atomic E-state index is 0.542. The fourth-order valence-corrected chi connectivity index (χ4v) is 3.36. The first-order valence-electron chi connectivity index (χ1n) is 10.7. The van der Waals surface area contributed by atoms with Gasteiger partial charge in [0.25, 0.3) is 0 Å². The van der Waals surface area contributed by atoms with Crippen molar-refractivity contribution in [1.29, 1.82) is 0 Å². The Morgan fingerprint density at radius 3 is 2.62 bits per heavy atom. The molecule has 0 aliphatic rings. The number of aromatic nitrogens is 4. The Kier molecular flexibility index (Phi) is 7.41. The van der Waals surface area contributed by atoms with E-state index in [1.807, 2.05) is 13.0 Å². The molecule has 0 aliphatic heterocycles. The van der Waals surface area contributed by atoms with E-state index >= 15 is 0 Å². The van der Waals surface area contributed by atoms with Crippen LogP contribution in [-0.2, 0) is 6.42 Å². The number of rotatable bonds is 11. The third-order valence-corrected chi connectivity index (χ3v) is 5.08. The van der Waals surface area contributed by atoms with E-state index in [1.165, 1.54) is 18.4 Å². The Morgan fingerprint density at radius 2 is 1.86 bits per heavy atom. The highest BCUT2D eigenvalue weighted by Crippen LogP contribution is 2.20. The number of fused-ring (bicyclic) bond motifs is 1. The quantitative estimate of drug-likeness (QED) is 0.443. The van der Waals surface area contributed by atoms with Crippen molar-refractivity contribution in [2.75, 3.05) is 36.8 Å². The summed E-state index contributed by atoms with van der Waals surface area (Å²) in [7, 11) is 0. The average Bonchev–Trinajstić information content (AvgIpc) is 3.10. The zero-order valence-corrected chi connectivity index (χ0v) is 18.0. The number of likely N-dealkylation sites (N-methyl/N-ethyl adjacent to an activating group) is 1. The van der Waals surface area contributed by atoms with Gasteiger partial charge >= 0.3 is 0 Å². The predicted molar refractivity (Wildman–Crippen MR) is 121 cm³/mol. The summed E-state index contributed by atoms with van der Waals surface area (Å²) in [5, 5.41) is 6.62. The van der Waals surface area contributed by atoms with Crippen molar-refractivity contribution in [1.82, 2.24) is 24.8 Å². The van der Waals surface area contributed by atoms with E-state index < -0.39 is 0 Å². The zero-order chi connectivity index (χ0) is 20.6. The molecule has 0 unspecified atom stereocenters. The van der Waals surface area contributed by atoms with Gasteiger partial charge in [-0.05, 0) is 50.6 Å². The van der Waals surface area contributed by atoms with Gasteiger partial charge in [0.05, 0.1) is 11.0 Å². The molecule has 2 heterocycles. The molecule has 3 aromatic rings. The van der Waals surface area contributed by atoms with E-state index in [9.17, 15) is 0 Å². The molecule has 0 fully saturated rings. The standard InChI is InChI=1S/C22H33N7/c1-5-8-9-17-10-11-18-19(15-17)26-22(25-18)28-21-24-16(4)14-20(27-21)23-12-13-29(6-2)7-3/h10-11,14-15H,5-9,12-13H2,1-4H3,(H3,23,24,25,26,27,28). The van der Waals surface area contributed by atoms with Gasteiger partial charge in [0.15, 0.2) is 0 Å². The Balaban J connectivity index is 1.68. The first-order valence-corrected chi connectivity index (χ1v) is 10.7. The highest BCUT2D eigenvalue weighted by Gasteiger charge is 2.08. The SMILES string of the molecule is CCCCc1ccc2nc(Nc3nc(C)cc(NCCN(CC)CC)n3)[nH]c2c1. The van der Waals surface area contributed by atoms with Crippen LogP contribution in [-0.4, -0.2) is 51.0 Å². The molecule has 1 aromatic carbocycles. The Bertz CT molecular complexity index is 915. The summed E-state index contributed by atoms with van der Waals surface area (Å²) in [5.74, 6) is 2.03. The van der Waals surface area contributed by atoms with Crippen LogP contribution in [0, 0.1) is 6.92 Å². The number of aromatic amines is 1. The summed E-state index contributed by atoms with van der Waals surface area (Å²) >= 11 is 0. The topological polar surface area (TPSA) is 81.8 Å². The van der Waals surface area contributed by atoms with E-state index in [0.29, 0.717) is 11.9 Å². The first kappa shape index (κ1) is 21.0. The molecule has 0 atom stereocenters. The van der Waals surface area contributed by atoms with E-state index in [0.717, 1.165) is 55.1 Å². The van der Waals surface area contributed by atoms with Gasteiger partial charge in [0, 0.05) is 24.8 Å². The van der Waals surface area contributed by atoms with Crippen molar-refractivity contribution in [2.45, 2.75) is 47.0 Å². The lowest BCUT2D eigenvalue weighted by Gasteiger charge is -2.18. The van der Waals surface area contributed by atoms with E-state index in [2.05, 4.69) is 74.4 Å². The lowest BCUT2D eigenvalue weighted by atomic mass is 10.1. The molecule has 0 amide bonds. The Morgan fingerprint density at radius 1 is 1.03 bits per heavy atom. The summed E-state index contributed by atoms with van der Waals surface area (Å²) in [6.07, 6.45) is 3.49. The largest absolute Gasteiger partial charge is 0.369 e. The van der Waals surface area contributed by atoms with E-state index in [4.69, 9.17) is 0 Å². The summed E-state index contributed by atoms with van der Waals surface area (Å²) in [6.45, 7) is 12.5. The van der Waals surface area contributed by atoms with Crippen molar-refractivity contribution >= 4 is 28.7 Å². The maximum Gasteiger partial charge on any atom is 0.231 e. The van der Waals surface area contributed by atoms with Gasteiger partial charge in [-0.25, -0.2) is 9.97 Å². The number of hydrogen-bond acceptors (Lipinski definition) is 6. The molecule has 0 spiro atoms. The maximum absolute atomic E-state index is 4.62. The zero-order valence-electron chi connectivity index (χ0n) is 18.0. The maximum atomic E-state index is 4.62. The lowest BCUT2D eigenvalue weighted by molar-refractivity contribution is 0.316. The van der Waals surface area contributed by atoms with Gasteiger partial charge in [-0.3, -0.25) is 5.32 Å². The van der Waals surface area contributed by atoms with Gasteiger partial charge in [0.1, 0.15) is 5.82 Å². The van der Waals surface area contributed by atoms with Crippen LogP contribution >= 0.6 is 0 Å². The third kappa shape index (κ3) is 5.90. The van der Waals surface area contributed by atoms with Crippen LogP contribution in [0.5, 0.6) is 0 Å². The number of aryl methyl sites for hydroxylation is 2. The first-order chi connectivity index (χ1) is 14.1. The molecule has 0 radical (unpaired) electrons. The number of nitrogens with zero attached hydrogens (tertiary/aromatic N) is 4. The highest BCUT2D eigenvalue weighted by atomic mass is 15.2. The second-order valence-corrected chi connectivity index (χ2v) is 7.34. The molecule has 7 heteroatoms. The number of H-pyrrole nitrogens is 1. The normalized spacial score (nSPS) is 11.3. The number of hydrogen-bond donors (Lipinski definition) is 3. The van der Waals surface area contributed by atoms with E-state index in [-0.39, 0.29) is 0 Å². The summed E-state index contributed by atoms with van der Waals surface area (Å²) in [5.41, 5.74) is 4.22. The number of imidazole rings is 1. The molecule has 0 bridgehead atoms. The smallest absolute Gasteiger partial charge is 0.231 e. The summed E-state index contributed by atoms with van der Waals surface area (Å²) in [6, 6.07) is 8.37. The van der Waals surface area contributed by atoms with Gasteiger partial charge in [-0.1, -0.05) is 33.3 Å². The monoisotopic (exact) mass is 395 g/mol. The molecular weight excluding hydrogens is 362 g/mol. The molecule has 0 aliphatic carbocycles. The van der Waals surface area contributed by atoms with Crippen LogP contribution in [0.1, 0.15) is 44.9 Å². The Labute approximate surface area is 173 Å². The van der Waals surface area contributed by atoms with E-state index in [1.54, 1.807) is 0 Å². The Hall–Kier alpha value is -2.67. The van der Waals surface area contributed by atoms with Crippen LogP contribution < -0.4 is 10.6 Å². The van der Waals surface area contributed by atoms with Gasteiger partial charge in [-0.15, -0.1) is 0 Å². The summed E-state index contributed by atoms with van der Waals surface area (Å²) in [4.78, 5) is 19.4. The molecule has 3 rings (SSSR count). The van der Waals surface area contributed by atoms with Crippen LogP contribution in [0.15, 0.2) is 24.3 Å². The molecular formula is C22H33N7. The average molecular weight is 396 g/mol. The van der Waals surface area contributed by atoms with Gasteiger partial charge in [0.2, 0.25) is 11.9 Å². The molecule has 156 valence electrons. The predicted octanol–water partition coefficient (Wildman–Crippen LogP) is 4.50. The fraction of sp³-hybridized carbons (Fsp3) is 0.500. The van der Waals surface area contributed by atoms with Crippen LogP contribution in [0.4, 0.5) is 17.7 Å². The molecule has 7 nitrogen and oxygen atoms in total. The minimum atomic E-state index is 0.542. The second kappa shape index (κ2) is 10.2. The summed E-state index contributed by atoms with van der Waals surface area (Å²) < 4.78 is 0. The molecule has 2 aromatic heterocycles. The number of anilines is 3. The number of nitrogens with one attached hydrogen (secondary N) is 3. The van der Waals surface area contributed by atoms with Crippen molar-refractivity contribution in [3.8, 4) is 0 Å². The highest BCUT2D eigenvalue weighted by molar-refractivity contribution is 5.78. The van der Waals surface area contributed by atoms with Crippen molar-refractivity contribution < 1.29 is 0 Å². The van der Waals surface area contributed by atoms with Crippen LogP contribution in [0.2, 0.25) is 0 Å². The molecule has 0 saturated carbocycles. The van der Waals surface area contributed by atoms with Gasteiger partial charge in [-0.2, -0.15) is 4.98 Å². The molecule has 29 heavy (non-hydrogen) atoms. The lowest BCUT2D eigenvalue weighted by Crippen LogP contribution is -2.28. The molecule has 3 N–H and O–H groups in total. The van der Waals surface area contributed by atoms with Crippen molar-refractivity contribution in [3.05, 3.63) is 35.5 Å². The molecule has 0 saturated heterocycles. The number of benzene rings is 1.